The summed E-state index contributed by atoms with van der Waals surface area (Å²) in [5, 5.41) is 9.06. The normalized spacial score (nSPS) is 18.1. The van der Waals surface area contributed by atoms with E-state index < -0.39 is 21.6 Å². The van der Waals surface area contributed by atoms with Gasteiger partial charge >= 0.3 is 5.97 Å². The van der Waals surface area contributed by atoms with Gasteiger partial charge in [0.25, 0.3) is 0 Å². The lowest BCUT2D eigenvalue weighted by Crippen LogP contribution is -2.52. The van der Waals surface area contributed by atoms with Gasteiger partial charge in [-0.05, 0) is 20.8 Å². The van der Waals surface area contributed by atoms with Crippen LogP contribution in [-0.4, -0.2) is 68.0 Å². The Balaban J connectivity index is 2.25. The number of carbonyl (C=O) groups is 1. The molecule has 1 fully saturated rings. The van der Waals surface area contributed by atoms with E-state index in [-0.39, 0.29) is 18.4 Å². The molecule has 1 aliphatic rings. The van der Waals surface area contributed by atoms with Crippen LogP contribution in [0.1, 0.15) is 20.8 Å². The molecule has 0 aromatic rings. The minimum atomic E-state index is -3.50. The van der Waals surface area contributed by atoms with E-state index in [1.165, 1.54) is 0 Å². The minimum absolute atomic E-state index is 0.0947. The van der Waals surface area contributed by atoms with Crippen molar-refractivity contribution in [1.82, 2.24) is 9.62 Å². The van der Waals surface area contributed by atoms with Gasteiger partial charge in [-0.1, -0.05) is 0 Å². The van der Waals surface area contributed by atoms with Gasteiger partial charge in [0.15, 0.2) is 0 Å². The lowest BCUT2D eigenvalue weighted by Gasteiger charge is -2.35. The number of ether oxygens (including phenoxy) is 1. The molecule has 0 spiro atoms. The van der Waals surface area contributed by atoms with E-state index >= 15 is 0 Å². The molecule has 0 unspecified atom stereocenters. The van der Waals surface area contributed by atoms with Crippen LogP contribution in [0, 0.1) is 0 Å². The molecule has 0 aromatic heterocycles. The summed E-state index contributed by atoms with van der Waals surface area (Å²) in [6.07, 6.45) is -0.350. The van der Waals surface area contributed by atoms with Crippen LogP contribution in [0.5, 0.6) is 0 Å². The zero-order chi connectivity index (χ0) is 14.7. The monoisotopic (exact) mass is 294 g/mol. The molecule has 1 saturated heterocycles. The van der Waals surface area contributed by atoms with Crippen molar-refractivity contribution >= 4 is 16.0 Å². The van der Waals surface area contributed by atoms with Crippen LogP contribution >= 0.6 is 0 Å². The van der Waals surface area contributed by atoms with Crippen LogP contribution < -0.4 is 4.72 Å². The van der Waals surface area contributed by atoms with Crippen molar-refractivity contribution in [2.24, 2.45) is 0 Å². The standard InChI is InChI=1S/C11H22N2O5S/c1-11(2,3)18-10(15)6-12-19(16,17)5-4-13-7-9(14)8-13/h9,12,14H,4-8H2,1-3H3. The van der Waals surface area contributed by atoms with E-state index in [1.54, 1.807) is 20.8 Å². The highest BCUT2D eigenvalue weighted by atomic mass is 32.2. The topological polar surface area (TPSA) is 95.9 Å². The van der Waals surface area contributed by atoms with Gasteiger partial charge in [-0.3, -0.25) is 9.69 Å². The fourth-order valence-electron chi connectivity index (χ4n) is 1.59. The maximum Gasteiger partial charge on any atom is 0.321 e. The average molecular weight is 294 g/mol. The molecule has 0 radical (unpaired) electrons. The second-order valence-electron chi connectivity index (χ2n) is 5.64. The molecule has 0 saturated carbocycles. The highest BCUT2D eigenvalue weighted by Crippen LogP contribution is 2.07. The van der Waals surface area contributed by atoms with Crippen molar-refractivity contribution in [1.29, 1.82) is 0 Å². The molecule has 1 aliphatic heterocycles. The second kappa shape index (κ2) is 6.17. The van der Waals surface area contributed by atoms with Gasteiger partial charge < -0.3 is 9.84 Å². The van der Waals surface area contributed by atoms with Gasteiger partial charge in [0.05, 0.1) is 11.9 Å². The Kier molecular flexibility index (Phi) is 5.31. The van der Waals surface area contributed by atoms with Gasteiger partial charge in [-0.2, -0.15) is 0 Å². The smallest absolute Gasteiger partial charge is 0.321 e. The molecule has 8 heteroatoms. The molecule has 0 aliphatic carbocycles. The quantitative estimate of drug-likeness (QED) is 0.605. The number of hydrogen-bond acceptors (Lipinski definition) is 6. The number of nitrogens with one attached hydrogen (secondary N) is 1. The highest BCUT2D eigenvalue weighted by Gasteiger charge is 2.26. The van der Waals surface area contributed by atoms with Crippen LogP contribution in [0.25, 0.3) is 0 Å². The summed E-state index contributed by atoms with van der Waals surface area (Å²) in [6, 6.07) is 0. The average Bonchev–Trinajstić information content (AvgIpc) is 2.18. The molecule has 112 valence electrons. The predicted molar refractivity (Wildman–Crippen MR) is 70.1 cm³/mol. The van der Waals surface area contributed by atoms with Crippen molar-refractivity contribution < 1.29 is 23.1 Å². The summed E-state index contributed by atoms with van der Waals surface area (Å²) < 4.78 is 30.4. The van der Waals surface area contributed by atoms with Crippen molar-refractivity contribution in [3.8, 4) is 0 Å². The fraction of sp³-hybridized carbons (Fsp3) is 0.909. The van der Waals surface area contributed by atoms with E-state index in [2.05, 4.69) is 4.72 Å². The van der Waals surface area contributed by atoms with Gasteiger partial charge in [-0.25, -0.2) is 13.1 Å². The number of likely N-dealkylation sites (tertiary alicyclic amines) is 1. The molecule has 0 aromatic carbocycles. The zero-order valence-electron chi connectivity index (χ0n) is 11.5. The maximum absolute atomic E-state index is 11.6. The second-order valence-corrected chi connectivity index (χ2v) is 7.57. The van der Waals surface area contributed by atoms with Crippen LogP contribution in [0.3, 0.4) is 0 Å². The van der Waals surface area contributed by atoms with Gasteiger partial charge in [0.2, 0.25) is 10.0 Å². The SMILES string of the molecule is CC(C)(C)OC(=O)CNS(=O)(=O)CCN1CC(O)C1. The Hall–Kier alpha value is -0.700. The number of aliphatic hydroxyl groups excluding tert-OH is 1. The molecule has 0 amide bonds. The number of esters is 1. The first kappa shape index (κ1) is 16.4. The van der Waals surface area contributed by atoms with Crippen molar-refractivity contribution in [3.63, 3.8) is 0 Å². The number of carbonyl (C=O) groups excluding carboxylic acids is 1. The first-order valence-electron chi connectivity index (χ1n) is 6.17. The third-order valence-corrected chi connectivity index (χ3v) is 3.77. The van der Waals surface area contributed by atoms with Gasteiger partial charge in [0.1, 0.15) is 12.1 Å². The molecule has 19 heavy (non-hydrogen) atoms. The number of rotatable bonds is 6. The van der Waals surface area contributed by atoms with Crippen LogP contribution in [0.2, 0.25) is 0 Å². The first-order valence-corrected chi connectivity index (χ1v) is 7.82. The number of sulfonamides is 1. The summed E-state index contributed by atoms with van der Waals surface area (Å²) in [5.74, 6) is -0.696. The molecule has 1 heterocycles. The lowest BCUT2D eigenvalue weighted by atomic mass is 10.2. The molecular formula is C11H22N2O5S. The Morgan fingerprint density at radius 3 is 2.47 bits per heavy atom. The van der Waals surface area contributed by atoms with Crippen LogP contribution in [0.15, 0.2) is 0 Å². The summed E-state index contributed by atoms with van der Waals surface area (Å²) in [4.78, 5) is 13.2. The Bertz CT molecular complexity index is 409. The lowest BCUT2D eigenvalue weighted by molar-refractivity contribution is -0.153. The van der Waals surface area contributed by atoms with E-state index in [9.17, 15) is 13.2 Å². The van der Waals surface area contributed by atoms with E-state index in [1.807, 2.05) is 4.90 Å². The number of β-amino-alcohol motifs (C(OH)–C–C–N with tert-alkyl or cyclic N) is 1. The zero-order valence-corrected chi connectivity index (χ0v) is 12.4. The van der Waals surface area contributed by atoms with Gasteiger partial charge in [0, 0.05) is 19.6 Å². The Morgan fingerprint density at radius 2 is 2.00 bits per heavy atom. The molecule has 0 bridgehead atoms. The van der Waals surface area contributed by atoms with Crippen LogP contribution in [0.4, 0.5) is 0 Å². The van der Waals surface area contributed by atoms with Crippen LogP contribution in [-0.2, 0) is 19.6 Å². The number of aliphatic hydroxyl groups is 1. The highest BCUT2D eigenvalue weighted by molar-refractivity contribution is 7.89. The third kappa shape index (κ3) is 6.86. The summed E-state index contributed by atoms with van der Waals surface area (Å²) in [5.41, 5.74) is -0.629. The first-order chi connectivity index (χ1) is 8.57. The summed E-state index contributed by atoms with van der Waals surface area (Å²) in [7, 11) is -3.50. The predicted octanol–water partition coefficient (Wildman–Crippen LogP) is -1.08. The summed E-state index contributed by atoms with van der Waals surface area (Å²) >= 11 is 0. The fourth-order valence-corrected chi connectivity index (χ4v) is 2.57. The van der Waals surface area contributed by atoms with Crippen molar-refractivity contribution in [3.05, 3.63) is 0 Å². The molecule has 1 rings (SSSR count). The van der Waals surface area contributed by atoms with E-state index in [0.717, 1.165) is 0 Å². The minimum Gasteiger partial charge on any atom is -0.459 e. The molecule has 0 atom stereocenters. The molecular weight excluding hydrogens is 272 g/mol. The number of nitrogens with zero attached hydrogens (tertiary/aromatic N) is 1. The van der Waals surface area contributed by atoms with E-state index in [4.69, 9.17) is 9.84 Å². The third-order valence-electron chi connectivity index (χ3n) is 2.47. The largest absolute Gasteiger partial charge is 0.459 e. The number of hydrogen-bond donors (Lipinski definition) is 2. The molecule has 7 nitrogen and oxygen atoms in total. The Labute approximate surface area is 114 Å². The van der Waals surface area contributed by atoms with Crippen molar-refractivity contribution in [2.75, 3.05) is 31.9 Å². The van der Waals surface area contributed by atoms with Crippen molar-refractivity contribution in [2.45, 2.75) is 32.5 Å². The Morgan fingerprint density at radius 1 is 1.42 bits per heavy atom. The maximum atomic E-state index is 11.6. The summed E-state index contributed by atoms with van der Waals surface area (Å²) in [6.45, 7) is 6.14. The van der Waals surface area contributed by atoms with Gasteiger partial charge in [-0.15, -0.1) is 0 Å². The molecule has 2 N–H and O–H groups in total. The van der Waals surface area contributed by atoms with E-state index in [0.29, 0.717) is 19.6 Å².